The third-order valence-corrected chi connectivity index (χ3v) is 3.21. The predicted molar refractivity (Wildman–Crippen MR) is 80.2 cm³/mol. The van der Waals surface area contributed by atoms with Crippen LogP contribution in [0.25, 0.3) is 0 Å². The van der Waals surface area contributed by atoms with Crippen LogP contribution in [0.15, 0.2) is 42.5 Å². The zero-order valence-electron chi connectivity index (χ0n) is 12.4. The standard InChI is InChI=1S/C17H15F2NO3/c1-11(13-4-7-15(18)16(19)8-13)20-17(22)10-23-14-5-2-12(9-21)3-6-14/h2-9,11H,10H2,1H3,(H,20,22). The molecule has 120 valence electrons. The molecule has 0 aromatic heterocycles. The summed E-state index contributed by atoms with van der Waals surface area (Å²) in [6.45, 7) is 1.43. The Morgan fingerprint density at radius 2 is 1.87 bits per heavy atom. The normalized spacial score (nSPS) is 11.6. The lowest BCUT2D eigenvalue weighted by atomic mass is 10.1. The Balaban J connectivity index is 1.88. The van der Waals surface area contributed by atoms with E-state index in [1.807, 2.05) is 0 Å². The van der Waals surface area contributed by atoms with Crippen LogP contribution in [0.2, 0.25) is 0 Å². The SMILES string of the molecule is CC(NC(=O)COc1ccc(C=O)cc1)c1ccc(F)c(F)c1. The number of carbonyl (C=O) groups is 2. The van der Waals surface area contributed by atoms with Gasteiger partial charge in [0.25, 0.3) is 5.91 Å². The molecule has 4 nitrogen and oxygen atoms in total. The van der Waals surface area contributed by atoms with Crippen LogP contribution in [-0.4, -0.2) is 18.8 Å². The molecule has 1 atom stereocenters. The molecular weight excluding hydrogens is 304 g/mol. The minimum absolute atomic E-state index is 0.228. The van der Waals surface area contributed by atoms with E-state index in [0.29, 0.717) is 23.2 Å². The van der Waals surface area contributed by atoms with Gasteiger partial charge in [-0.15, -0.1) is 0 Å². The van der Waals surface area contributed by atoms with Crippen LogP contribution in [0.3, 0.4) is 0 Å². The highest BCUT2D eigenvalue weighted by atomic mass is 19.2. The van der Waals surface area contributed by atoms with Gasteiger partial charge >= 0.3 is 0 Å². The number of ether oxygens (including phenoxy) is 1. The summed E-state index contributed by atoms with van der Waals surface area (Å²) in [5, 5.41) is 2.63. The molecule has 0 fully saturated rings. The third kappa shape index (κ3) is 4.60. The van der Waals surface area contributed by atoms with Crippen LogP contribution in [-0.2, 0) is 4.79 Å². The van der Waals surface area contributed by atoms with E-state index in [1.165, 1.54) is 6.07 Å². The molecule has 0 saturated carbocycles. The first-order valence-electron chi connectivity index (χ1n) is 6.92. The van der Waals surface area contributed by atoms with Crippen LogP contribution in [0.4, 0.5) is 8.78 Å². The Bertz CT molecular complexity index is 701. The monoisotopic (exact) mass is 319 g/mol. The summed E-state index contributed by atoms with van der Waals surface area (Å²) in [4.78, 5) is 22.3. The molecular formula is C17H15F2NO3. The lowest BCUT2D eigenvalue weighted by Gasteiger charge is -2.15. The van der Waals surface area contributed by atoms with Crippen molar-refractivity contribution in [1.82, 2.24) is 5.32 Å². The van der Waals surface area contributed by atoms with Gasteiger partial charge in [0, 0.05) is 5.56 Å². The van der Waals surface area contributed by atoms with Crippen LogP contribution in [0.5, 0.6) is 5.75 Å². The quantitative estimate of drug-likeness (QED) is 0.833. The van der Waals surface area contributed by atoms with Gasteiger partial charge in [-0.3, -0.25) is 9.59 Å². The summed E-state index contributed by atoms with van der Waals surface area (Å²) in [5.41, 5.74) is 0.960. The largest absolute Gasteiger partial charge is 0.484 e. The summed E-state index contributed by atoms with van der Waals surface area (Å²) >= 11 is 0. The van der Waals surface area contributed by atoms with Gasteiger partial charge in [-0.25, -0.2) is 8.78 Å². The van der Waals surface area contributed by atoms with Gasteiger partial charge in [-0.1, -0.05) is 6.07 Å². The van der Waals surface area contributed by atoms with Crippen LogP contribution in [0, 0.1) is 11.6 Å². The predicted octanol–water partition coefficient (Wildman–Crippen LogP) is 3.03. The molecule has 0 spiro atoms. The Hall–Kier alpha value is -2.76. The third-order valence-electron chi connectivity index (χ3n) is 3.21. The number of nitrogens with one attached hydrogen (secondary N) is 1. The van der Waals surface area contributed by atoms with E-state index in [0.717, 1.165) is 12.1 Å². The fourth-order valence-corrected chi connectivity index (χ4v) is 1.94. The summed E-state index contributed by atoms with van der Waals surface area (Å²) in [7, 11) is 0. The Morgan fingerprint density at radius 1 is 1.17 bits per heavy atom. The maximum absolute atomic E-state index is 13.2. The van der Waals surface area contributed by atoms with Gasteiger partial charge in [0.05, 0.1) is 6.04 Å². The topological polar surface area (TPSA) is 55.4 Å². The molecule has 2 aromatic carbocycles. The number of hydrogen-bond acceptors (Lipinski definition) is 3. The molecule has 23 heavy (non-hydrogen) atoms. The van der Waals surface area contributed by atoms with E-state index in [4.69, 9.17) is 4.74 Å². The second kappa shape index (κ2) is 7.49. The molecule has 0 aliphatic heterocycles. The first kappa shape index (κ1) is 16.6. The number of aldehydes is 1. The van der Waals surface area contributed by atoms with Crippen molar-refractivity contribution in [2.45, 2.75) is 13.0 Å². The molecule has 2 aromatic rings. The van der Waals surface area contributed by atoms with Crippen molar-refractivity contribution in [1.29, 1.82) is 0 Å². The summed E-state index contributed by atoms with van der Waals surface area (Å²) in [6, 6.07) is 9.28. The molecule has 0 aliphatic rings. The fraction of sp³-hybridized carbons (Fsp3) is 0.176. The number of benzene rings is 2. The lowest BCUT2D eigenvalue weighted by molar-refractivity contribution is -0.123. The fourth-order valence-electron chi connectivity index (χ4n) is 1.94. The average Bonchev–Trinajstić information content (AvgIpc) is 2.55. The minimum Gasteiger partial charge on any atom is -0.484 e. The van der Waals surface area contributed by atoms with E-state index in [2.05, 4.69) is 5.32 Å². The number of amides is 1. The van der Waals surface area contributed by atoms with Crippen molar-refractivity contribution >= 4 is 12.2 Å². The van der Waals surface area contributed by atoms with Gasteiger partial charge in [0.1, 0.15) is 12.0 Å². The van der Waals surface area contributed by atoms with E-state index in [-0.39, 0.29) is 6.61 Å². The zero-order valence-corrected chi connectivity index (χ0v) is 12.4. The zero-order chi connectivity index (χ0) is 16.8. The van der Waals surface area contributed by atoms with Crippen LogP contribution < -0.4 is 10.1 Å². The molecule has 0 radical (unpaired) electrons. The molecule has 0 aliphatic carbocycles. The molecule has 1 amide bonds. The van der Waals surface area contributed by atoms with Crippen molar-refractivity contribution < 1.29 is 23.1 Å². The Labute approximate surface area is 132 Å². The Kier molecular flexibility index (Phi) is 5.41. The maximum Gasteiger partial charge on any atom is 0.258 e. The van der Waals surface area contributed by atoms with Crippen molar-refractivity contribution in [3.63, 3.8) is 0 Å². The van der Waals surface area contributed by atoms with Crippen molar-refractivity contribution in [3.05, 3.63) is 65.2 Å². The van der Waals surface area contributed by atoms with Gasteiger partial charge in [0.15, 0.2) is 18.2 Å². The van der Waals surface area contributed by atoms with Gasteiger partial charge < -0.3 is 10.1 Å². The van der Waals surface area contributed by atoms with Crippen molar-refractivity contribution in [2.24, 2.45) is 0 Å². The smallest absolute Gasteiger partial charge is 0.258 e. The number of hydrogen-bond donors (Lipinski definition) is 1. The number of rotatable bonds is 6. The maximum atomic E-state index is 13.2. The highest BCUT2D eigenvalue weighted by Crippen LogP contribution is 2.16. The van der Waals surface area contributed by atoms with Gasteiger partial charge in [0.2, 0.25) is 0 Å². The van der Waals surface area contributed by atoms with Crippen LogP contribution >= 0.6 is 0 Å². The van der Waals surface area contributed by atoms with E-state index in [9.17, 15) is 18.4 Å². The first-order chi connectivity index (χ1) is 11.0. The molecule has 6 heteroatoms. The van der Waals surface area contributed by atoms with Crippen LogP contribution in [0.1, 0.15) is 28.9 Å². The highest BCUT2D eigenvalue weighted by molar-refractivity contribution is 5.78. The molecule has 0 bridgehead atoms. The van der Waals surface area contributed by atoms with Gasteiger partial charge in [-0.05, 0) is 48.9 Å². The summed E-state index contributed by atoms with van der Waals surface area (Å²) in [5.74, 6) is -1.85. The first-order valence-corrected chi connectivity index (χ1v) is 6.92. The molecule has 1 N–H and O–H groups in total. The summed E-state index contributed by atoms with van der Waals surface area (Å²) in [6.07, 6.45) is 0.708. The molecule has 0 heterocycles. The van der Waals surface area contributed by atoms with Crippen molar-refractivity contribution in [2.75, 3.05) is 6.61 Å². The number of halogens is 2. The second-order valence-corrected chi connectivity index (χ2v) is 4.94. The minimum atomic E-state index is -0.963. The van der Waals surface area contributed by atoms with E-state index in [1.54, 1.807) is 31.2 Å². The number of carbonyl (C=O) groups excluding carboxylic acids is 2. The molecule has 2 rings (SSSR count). The molecule has 0 saturated heterocycles. The molecule has 1 unspecified atom stereocenters. The Morgan fingerprint density at radius 3 is 2.48 bits per heavy atom. The second-order valence-electron chi connectivity index (χ2n) is 4.94. The lowest BCUT2D eigenvalue weighted by Crippen LogP contribution is -2.31. The average molecular weight is 319 g/mol. The van der Waals surface area contributed by atoms with Crippen molar-refractivity contribution in [3.8, 4) is 5.75 Å². The van der Waals surface area contributed by atoms with Gasteiger partial charge in [-0.2, -0.15) is 0 Å². The van der Waals surface area contributed by atoms with E-state index < -0.39 is 23.6 Å². The van der Waals surface area contributed by atoms with E-state index >= 15 is 0 Å². The highest BCUT2D eigenvalue weighted by Gasteiger charge is 2.12. The summed E-state index contributed by atoms with van der Waals surface area (Å²) < 4.78 is 31.3.